The first-order valence-electron chi connectivity index (χ1n) is 5.72. The molecule has 1 aliphatic rings. The van der Waals surface area contributed by atoms with Gasteiger partial charge in [-0.1, -0.05) is 12.2 Å². The molecule has 1 aliphatic heterocycles. The van der Waals surface area contributed by atoms with E-state index in [1.165, 1.54) is 0 Å². The molecule has 0 radical (unpaired) electrons. The predicted octanol–water partition coefficient (Wildman–Crippen LogP) is 2.01. The molecule has 1 aromatic rings. The standard InChI is InChI=1S/C13H16N4/c1-13(5-2-8-17(13)10-14)6-3-11-4-7-16-12(15)9-11/h3-4,6-7,9H,2,5,8H2,1H3,(H2,15,16)/b6-3+/t13-/m0/s1. The van der Waals surface area contributed by atoms with Gasteiger partial charge in [0.05, 0.1) is 5.54 Å². The molecule has 88 valence electrons. The minimum Gasteiger partial charge on any atom is -0.384 e. The van der Waals surface area contributed by atoms with Crippen LogP contribution >= 0.6 is 0 Å². The number of nitriles is 1. The number of hydrogen-bond acceptors (Lipinski definition) is 4. The van der Waals surface area contributed by atoms with Crippen LogP contribution in [0.25, 0.3) is 6.08 Å². The number of nitrogens with two attached hydrogens (primary N) is 1. The van der Waals surface area contributed by atoms with Gasteiger partial charge in [-0.05, 0) is 37.5 Å². The van der Waals surface area contributed by atoms with Crippen LogP contribution in [-0.2, 0) is 0 Å². The molecule has 0 spiro atoms. The van der Waals surface area contributed by atoms with Crippen LogP contribution in [0, 0.1) is 11.5 Å². The third kappa shape index (κ3) is 2.39. The van der Waals surface area contributed by atoms with Crippen molar-refractivity contribution in [3.63, 3.8) is 0 Å². The van der Waals surface area contributed by atoms with Gasteiger partial charge in [-0.25, -0.2) is 4.98 Å². The van der Waals surface area contributed by atoms with Gasteiger partial charge in [0.1, 0.15) is 5.82 Å². The van der Waals surface area contributed by atoms with Crippen LogP contribution in [0.2, 0.25) is 0 Å². The summed E-state index contributed by atoms with van der Waals surface area (Å²) in [5.74, 6) is 0.515. The minimum atomic E-state index is -0.160. The molecule has 4 heteroatoms. The maximum absolute atomic E-state index is 9.05. The van der Waals surface area contributed by atoms with Crippen molar-refractivity contribution in [3.05, 3.63) is 30.0 Å². The van der Waals surface area contributed by atoms with Gasteiger partial charge < -0.3 is 10.6 Å². The van der Waals surface area contributed by atoms with Crippen molar-refractivity contribution in [2.75, 3.05) is 12.3 Å². The SMILES string of the molecule is C[C@@]1(/C=C/c2ccnc(N)c2)CCCN1C#N. The highest BCUT2D eigenvalue weighted by Crippen LogP contribution is 2.30. The third-order valence-electron chi connectivity index (χ3n) is 3.24. The molecule has 0 bridgehead atoms. The Balaban J connectivity index is 2.18. The number of pyridine rings is 1. The molecule has 2 N–H and O–H groups in total. The first kappa shape index (κ1) is 11.5. The average Bonchev–Trinajstić information content (AvgIpc) is 2.69. The van der Waals surface area contributed by atoms with Gasteiger partial charge >= 0.3 is 0 Å². The average molecular weight is 228 g/mol. The Morgan fingerprint density at radius 2 is 2.47 bits per heavy atom. The van der Waals surface area contributed by atoms with E-state index in [0.29, 0.717) is 5.82 Å². The monoisotopic (exact) mass is 228 g/mol. The maximum atomic E-state index is 9.05. The Morgan fingerprint density at radius 1 is 1.65 bits per heavy atom. The number of likely N-dealkylation sites (tertiary alicyclic amines) is 1. The molecule has 0 amide bonds. The number of hydrogen-bond donors (Lipinski definition) is 1. The van der Waals surface area contributed by atoms with Gasteiger partial charge in [-0.3, -0.25) is 0 Å². The Morgan fingerprint density at radius 3 is 3.18 bits per heavy atom. The zero-order chi connectivity index (χ0) is 12.3. The second-order valence-electron chi connectivity index (χ2n) is 4.56. The fourth-order valence-corrected chi connectivity index (χ4v) is 2.17. The van der Waals surface area contributed by atoms with Crippen LogP contribution in [-0.4, -0.2) is 22.0 Å². The van der Waals surface area contributed by atoms with Crippen molar-refractivity contribution < 1.29 is 0 Å². The van der Waals surface area contributed by atoms with Gasteiger partial charge in [0, 0.05) is 12.7 Å². The van der Waals surface area contributed by atoms with Crippen molar-refractivity contribution in [1.82, 2.24) is 9.88 Å². The molecule has 0 saturated carbocycles. The molecule has 0 aromatic carbocycles. The molecule has 2 heterocycles. The zero-order valence-corrected chi connectivity index (χ0v) is 9.93. The fraction of sp³-hybridized carbons (Fsp3) is 0.385. The van der Waals surface area contributed by atoms with Gasteiger partial charge in [0.15, 0.2) is 6.19 Å². The molecule has 1 saturated heterocycles. The van der Waals surface area contributed by atoms with Crippen molar-refractivity contribution in [2.24, 2.45) is 0 Å². The molecular weight excluding hydrogens is 212 g/mol. The third-order valence-corrected chi connectivity index (χ3v) is 3.24. The van der Waals surface area contributed by atoms with Crippen LogP contribution in [0.3, 0.4) is 0 Å². The Kier molecular flexibility index (Phi) is 3.01. The normalized spacial score (nSPS) is 24.1. The van der Waals surface area contributed by atoms with E-state index < -0.39 is 0 Å². The van der Waals surface area contributed by atoms with E-state index in [1.54, 1.807) is 6.20 Å². The lowest BCUT2D eigenvalue weighted by molar-refractivity contribution is 0.300. The summed E-state index contributed by atoms with van der Waals surface area (Å²) in [6.45, 7) is 2.93. The highest BCUT2D eigenvalue weighted by molar-refractivity contribution is 5.54. The van der Waals surface area contributed by atoms with Gasteiger partial charge in [-0.2, -0.15) is 5.26 Å². The largest absolute Gasteiger partial charge is 0.384 e. The highest BCUT2D eigenvalue weighted by atomic mass is 15.2. The smallest absolute Gasteiger partial charge is 0.180 e. The van der Waals surface area contributed by atoms with E-state index in [9.17, 15) is 0 Å². The molecule has 4 nitrogen and oxygen atoms in total. The first-order chi connectivity index (χ1) is 8.14. The van der Waals surface area contributed by atoms with Crippen LogP contribution in [0.4, 0.5) is 5.82 Å². The van der Waals surface area contributed by atoms with Crippen molar-refractivity contribution >= 4 is 11.9 Å². The number of nitrogens with zero attached hydrogens (tertiary/aromatic N) is 3. The Hall–Kier alpha value is -2.02. The van der Waals surface area contributed by atoms with Gasteiger partial charge in [-0.15, -0.1) is 0 Å². The minimum absolute atomic E-state index is 0.160. The summed E-state index contributed by atoms with van der Waals surface area (Å²) in [4.78, 5) is 5.78. The second kappa shape index (κ2) is 4.46. The number of aromatic nitrogens is 1. The van der Waals surface area contributed by atoms with E-state index in [1.807, 2.05) is 23.1 Å². The number of anilines is 1. The summed E-state index contributed by atoms with van der Waals surface area (Å²) in [7, 11) is 0. The van der Waals surface area contributed by atoms with E-state index in [-0.39, 0.29) is 5.54 Å². The van der Waals surface area contributed by atoms with Crippen molar-refractivity contribution in [2.45, 2.75) is 25.3 Å². The maximum Gasteiger partial charge on any atom is 0.180 e. The molecule has 1 atom stereocenters. The lowest BCUT2D eigenvalue weighted by Crippen LogP contribution is -2.35. The summed E-state index contributed by atoms with van der Waals surface area (Å²) >= 11 is 0. The Labute approximate surface area is 101 Å². The zero-order valence-electron chi connectivity index (χ0n) is 9.93. The molecule has 17 heavy (non-hydrogen) atoms. The lowest BCUT2D eigenvalue weighted by Gasteiger charge is -2.27. The highest BCUT2D eigenvalue weighted by Gasteiger charge is 2.33. The summed E-state index contributed by atoms with van der Waals surface area (Å²) in [6.07, 6.45) is 10.1. The number of rotatable bonds is 2. The van der Waals surface area contributed by atoms with Crippen LogP contribution in [0.5, 0.6) is 0 Å². The van der Waals surface area contributed by atoms with Crippen molar-refractivity contribution in [3.8, 4) is 6.19 Å². The first-order valence-corrected chi connectivity index (χ1v) is 5.72. The molecular formula is C13H16N4. The number of nitrogen functional groups attached to an aromatic ring is 1. The fourth-order valence-electron chi connectivity index (χ4n) is 2.17. The predicted molar refractivity (Wildman–Crippen MR) is 67.6 cm³/mol. The quantitative estimate of drug-likeness (QED) is 0.786. The lowest BCUT2D eigenvalue weighted by atomic mass is 9.97. The topological polar surface area (TPSA) is 65.9 Å². The molecule has 2 rings (SSSR count). The molecule has 1 aromatic heterocycles. The van der Waals surface area contributed by atoms with E-state index >= 15 is 0 Å². The van der Waals surface area contributed by atoms with E-state index in [2.05, 4.69) is 24.2 Å². The van der Waals surface area contributed by atoms with Gasteiger partial charge in [0.25, 0.3) is 0 Å². The van der Waals surface area contributed by atoms with Crippen molar-refractivity contribution in [1.29, 1.82) is 5.26 Å². The Bertz CT molecular complexity index is 475. The summed E-state index contributed by atoms with van der Waals surface area (Å²) < 4.78 is 0. The van der Waals surface area contributed by atoms with E-state index in [0.717, 1.165) is 24.9 Å². The molecule has 1 fully saturated rings. The van der Waals surface area contributed by atoms with Gasteiger partial charge in [0.2, 0.25) is 0 Å². The van der Waals surface area contributed by atoms with E-state index in [4.69, 9.17) is 11.0 Å². The van der Waals surface area contributed by atoms with Crippen LogP contribution < -0.4 is 5.73 Å². The summed E-state index contributed by atoms with van der Waals surface area (Å²) in [5.41, 5.74) is 6.48. The summed E-state index contributed by atoms with van der Waals surface area (Å²) in [6, 6.07) is 3.73. The molecule has 0 aliphatic carbocycles. The molecule has 0 unspecified atom stereocenters. The second-order valence-corrected chi connectivity index (χ2v) is 4.56. The summed E-state index contributed by atoms with van der Waals surface area (Å²) in [5, 5.41) is 9.05. The van der Waals surface area contributed by atoms with Crippen LogP contribution in [0.1, 0.15) is 25.3 Å². The van der Waals surface area contributed by atoms with Crippen LogP contribution in [0.15, 0.2) is 24.4 Å².